The van der Waals surface area contributed by atoms with Crippen molar-refractivity contribution in [3.8, 4) is 0 Å². The minimum absolute atomic E-state index is 0.00516. The minimum atomic E-state index is 0.00516. The average molecular weight is 249 g/mol. The summed E-state index contributed by atoms with van der Waals surface area (Å²) in [6.07, 6.45) is 1.13. The molecule has 0 heterocycles. The molecule has 1 rings (SSSR count). The Kier molecular flexibility index (Phi) is 5.65. The highest BCUT2D eigenvalue weighted by Crippen LogP contribution is 2.10. The summed E-state index contributed by atoms with van der Waals surface area (Å²) in [7, 11) is 1.97. The van der Waals surface area contributed by atoms with E-state index in [0.29, 0.717) is 18.2 Å². The Labute approximate surface area is 109 Å². The maximum atomic E-state index is 11.8. The highest BCUT2D eigenvalue weighted by molar-refractivity contribution is 5.92. The standard InChI is InChI=1S/C14H23N3O/c1-4-11(2)9-17(3)10-14(18)16-13-7-5-12(15)6-8-13/h5-8,11H,4,9-10,15H2,1-3H3,(H,16,18). The van der Waals surface area contributed by atoms with Crippen molar-refractivity contribution in [2.24, 2.45) is 5.92 Å². The van der Waals surface area contributed by atoms with Crippen LogP contribution in [0.3, 0.4) is 0 Å². The Morgan fingerprint density at radius 3 is 2.56 bits per heavy atom. The smallest absolute Gasteiger partial charge is 0.238 e. The minimum Gasteiger partial charge on any atom is -0.399 e. The second kappa shape index (κ2) is 7.01. The fourth-order valence-electron chi connectivity index (χ4n) is 1.74. The lowest BCUT2D eigenvalue weighted by Gasteiger charge is -2.19. The first kappa shape index (κ1) is 14.5. The molecule has 100 valence electrons. The number of likely N-dealkylation sites (N-methyl/N-ethyl adjacent to an activating group) is 1. The molecule has 0 fully saturated rings. The molecular formula is C14H23N3O. The van der Waals surface area contributed by atoms with Gasteiger partial charge in [-0.3, -0.25) is 9.69 Å². The van der Waals surface area contributed by atoms with Gasteiger partial charge in [0.05, 0.1) is 6.54 Å². The first-order valence-corrected chi connectivity index (χ1v) is 6.35. The number of amides is 1. The Morgan fingerprint density at radius 1 is 1.39 bits per heavy atom. The number of nitrogens with one attached hydrogen (secondary N) is 1. The van der Waals surface area contributed by atoms with E-state index in [9.17, 15) is 4.79 Å². The number of hydrogen-bond donors (Lipinski definition) is 2. The number of hydrogen-bond acceptors (Lipinski definition) is 3. The van der Waals surface area contributed by atoms with Gasteiger partial charge in [-0.15, -0.1) is 0 Å². The van der Waals surface area contributed by atoms with Gasteiger partial charge < -0.3 is 11.1 Å². The molecule has 4 nitrogen and oxygen atoms in total. The first-order chi connectivity index (χ1) is 8.51. The maximum Gasteiger partial charge on any atom is 0.238 e. The van der Waals surface area contributed by atoms with Crippen LogP contribution in [0.1, 0.15) is 20.3 Å². The predicted octanol–water partition coefficient (Wildman–Crippen LogP) is 2.19. The van der Waals surface area contributed by atoms with Crippen LogP contribution in [0.2, 0.25) is 0 Å². The third-order valence-corrected chi connectivity index (χ3v) is 2.93. The van der Waals surface area contributed by atoms with Crippen molar-refractivity contribution in [3.05, 3.63) is 24.3 Å². The van der Waals surface area contributed by atoms with Crippen LogP contribution in [0.5, 0.6) is 0 Å². The number of anilines is 2. The normalized spacial score (nSPS) is 12.4. The Balaban J connectivity index is 2.39. The number of nitrogens with two attached hydrogens (primary N) is 1. The summed E-state index contributed by atoms with van der Waals surface area (Å²) in [4.78, 5) is 13.8. The van der Waals surface area contributed by atoms with Gasteiger partial charge in [-0.25, -0.2) is 0 Å². The molecule has 0 aliphatic carbocycles. The zero-order valence-electron chi connectivity index (χ0n) is 11.4. The largest absolute Gasteiger partial charge is 0.399 e. The summed E-state index contributed by atoms with van der Waals surface area (Å²) in [5, 5.41) is 2.86. The molecule has 0 bridgehead atoms. The highest BCUT2D eigenvalue weighted by atomic mass is 16.2. The second-order valence-electron chi connectivity index (χ2n) is 4.88. The van der Waals surface area contributed by atoms with Crippen LogP contribution in [-0.4, -0.2) is 30.9 Å². The molecular weight excluding hydrogens is 226 g/mol. The molecule has 1 aromatic carbocycles. The molecule has 1 aromatic rings. The molecule has 1 unspecified atom stereocenters. The zero-order valence-corrected chi connectivity index (χ0v) is 11.4. The molecule has 18 heavy (non-hydrogen) atoms. The number of nitrogen functional groups attached to an aromatic ring is 1. The Hall–Kier alpha value is -1.55. The van der Waals surface area contributed by atoms with E-state index < -0.39 is 0 Å². The summed E-state index contributed by atoms with van der Waals surface area (Å²) in [6, 6.07) is 7.17. The van der Waals surface area contributed by atoms with Gasteiger partial charge in [0.1, 0.15) is 0 Å². The molecule has 0 saturated carbocycles. The van der Waals surface area contributed by atoms with E-state index in [1.165, 1.54) is 0 Å². The molecule has 0 aliphatic rings. The predicted molar refractivity (Wildman–Crippen MR) is 76.4 cm³/mol. The molecule has 0 saturated heterocycles. The number of benzene rings is 1. The van der Waals surface area contributed by atoms with Gasteiger partial charge in [-0.05, 0) is 37.2 Å². The quantitative estimate of drug-likeness (QED) is 0.760. The first-order valence-electron chi connectivity index (χ1n) is 6.35. The van der Waals surface area contributed by atoms with Crippen molar-refractivity contribution in [2.75, 3.05) is 31.2 Å². The second-order valence-corrected chi connectivity index (χ2v) is 4.88. The summed E-state index contributed by atoms with van der Waals surface area (Å²) in [5.41, 5.74) is 7.07. The summed E-state index contributed by atoms with van der Waals surface area (Å²) < 4.78 is 0. The van der Waals surface area contributed by atoms with Crippen molar-refractivity contribution in [3.63, 3.8) is 0 Å². The van der Waals surface area contributed by atoms with E-state index in [1.807, 2.05) is 24.1 Å². The highest BCUT2D eigenvalue weighted by Gasteiger charge is 2.09. The van der Waals surface area contributed by atoms with Gasteiger partial charge in [0, 0.05) is 17.9 Å². The van der Waals surface area contributed by atoms with E-state index in [4.69, 9.17) is 5.73 Å². The van der Waals surface area contributed by atoms with Crippen molar-refractivity contribution < 1.29 is 4.79 Å². The van der Waals surface area contributed by atoms with Crippen LogP contribution in [0, 0.1) is 5.92 Å². The Morgan fingerprint density at radius 2 is 2.00 bits per heavy atom. The van der Waals surface area contributed by atoms with Gasteiger partial charge in [0.25, 0.3) is 0 Å². The van der Waals surface area contributed by atoms with Crippen LogP contribution in [0.25, 0.3) is 0 Å². The van der Waals surface area contributed by atoms with E-state index in [0.717, 1.165) is 18.7 Å². The summed E-state index contributed by atoms with van der Waals surface area (Å²) in [5.74, 6) is 0.616. The van der Waals surface area contributed by atoms with Crippen LogP contribution >= 0.6 is 0 Å². The molecule has 0 aliphatic heterocycles. The van der Waals surface area contributed by atoms with Gasteiger partial charge in [-0.2, -0.15) is 0 Å². The van der Waals surface area contributed by atoms with Gasteiger partial charge >= 0.3 is 0 Å². The number of rotatable bonds is 6. The fourth-order valence-corrected chi connectivity index (χ4v) is 1.74. The lowest BCUT2D eigenvalue weighted by Crippen LogP contribution is -2.33. The van der Waals surface area contributed by atoms with E-state index >= 15 is 0 Å². The van der Waals surface area contributed by atoms with E-state index in [1.54, 1.807) is 12.1 Å². The molecule has 0 spiro atoms. The molecule has 4 heteroatoms. The Bertz CT molecular complexity index is 375. The van der Waals surface area contributed by atoms with Crippen molar-refractivity contribution in [2.45, 2.75) is 20.3 Å². The van der Waals surface area contributed by atoms with Crippen LogP contribution in [0.15, 0.2) is 24.3 Å². The van der Waals surface area contributed by atoms with Gasteiger partial charge in [0.15, 0.2) is 0 Å². The average Bonchev–Trinajstić information content (AvgIpc) is 2.31. The van der Waals surface area contributed by atoms with Gasteiger partial charge in [-0.1, -0.05) is 20.3 Å². The lowest BCUT2D eigenvalue weighted by atomic mass is 10.1. The monoisotopic (exact) mass is 249 g/mol. The molecule has 3 N–H and O–H groups in total. The number of carbonyl (C=O) groups excluding carboxylic acids is 1. The summed E-state index contributed by atoms with van der Waals surface area (Å²) >= 11 is 0. The number of nitrogens with zero attached hydrogens (tertiary/aromatic N) is 1. The third-order valence-electron chi connectivity index (χ3n) is 2.93. The topological polar surface area (TPSA) is 58.4 Å². The maximum absolute atomic E-state index is 11.8. The third kappa shape index (κ3) is 5.19. The van der Waals surface area contributed by atoms with Crippen LogP contribution in [-0.2, 0) is 4.79 Å². The van der Waals surface area contributed by atoms with Crippen LogP contribution < -0.4 is 11.1 Å². The van der Waals surface area contributed by atoms with Crippen molar-refractivity contribution in [1.82, 2.24) is 4.90 Å². The SMILES string of the molecule is CCC(C)CN(C)CC(=O)Nc1ccc(N)cc1. The lowest BCUT2D eigenvalue weighted by molar-refractivity contribution is -0.117. The number of carbonyl (C=O) groups is 1. The molecule has 1 atom stereocenters. The zero-order chi connectivity index (χ0) is 13.5. The summed E-state index contributed by atoms with van der Waals surface area (Å²) in [6.45, 7) is 5.70. The van der Waals surface area contributed by atoms with Crippen LogP contribution in [0.4, 0.5) is 11.4 Å². The molecule has 1 amide bonds. The van der Waals surface area contributed by atoms with E-state index in [2.05, 4.69) is 19.2 Å². The van der Waals surface area contributed by atoms with Gasteiger partial charge in [0.2, 0.25) is 5.91 Å². The van der Waals surface area contributed by atoms with Crippen molar-refractivity contribution >= 4 is 17.3 Å². The fraction of sp³-hybridized carbons (Fsp3) is 0.500. The molecule has 0 aromatic heterocycles. The van der Waals surface area contributed by atoms with Crippen molar-refractivity contribution in [1.29, 1.82) is 0 Å². The van der Waals surface area contributed by atoms with E-state index in [-0.39, 0.29) is 5.91 Å². The molecule has 0 radical (unpaired) electrons.